The lowest BCUT2D eigenvalue weighted by atomic mass is 10.2. The van der Waals surface area contributed by atoms with Crippen LogP contribution >= 0.6 is 0 Å². The van der Waals surface area contributed by atoms with Gasteiger partial charge in [-0.3, -0.25) is 0 Å². The molecule has 0 aliphatic carbocycles. The first kappa shape index (κ1) is 4.65. The van der Waals surface area contributed by atoms with E-state index in [1.54, 1.807) is 6.26 Å². The molecule has 1 aliphatic heterocycles. The van der Waals surface area contributed by atoms with Gasteiger partial charge in [-0.1, -0.05) is 0 Å². The van der Waals surface area contributed by atoms with E-state index in [4.69, 9.17) is 0 Å². The van der Waals surface area contributed by atoms with Crippen LogP contribution in [0.15, 0.2) is 11.8 Å². The Balaban J connectivity index is 2.54. The molecule has 0 amide bonds. The standard InChI is InChI=1S/C5H8O2/c1-4-3-6-7-5(4)2/h3,5H,1-2H3. The highest BCUT2D eigenvalue weighted by molar-refractivity contribution is 5.01. The number of hydrogen-bond donors (Lipinski definition) is 0. The van der Waals surface area contributed by atoms with Crippen LogP contribution in [-0.4, -0.2) is 6.10 Å². The van der Waals surface area contributed by atoms with Crippen molar-refractivity contribution < 1.29 is 9.78 Å². The van der Waals surface area contributed by atoms with Crippen molar-refractivity contribution in [3.63, 3.8) is 0 Å². The Morgan fingerprint density at radius 1 is 1.71 bits per heavy atom. The van der Waals surface area contributed by atoms with Gasteiger partial charge in [-0.2, -0.15) is 4.89 Å². The fraction of sp³-hybridized carbons (Fsp3) is 0.600. The molecule has 1 heterocycles. The highest BCUT2D eigenvalue weighted by atomic mass is 17.2. The third-order valence-corrected chi connectivity index (χ3v) is 1.08. The minimum absolute atomic E-state index is 0.153. The van der Waals surface area contributed by atoms with Crippen molar-refractivity contribution in [2.75, 3.05) is 0 Å². The van der Waals surface area contributed by atoms with Gasteiger partial charge in [0.1, 0.15) is 12.4 Å². The van der Waals surface area contributed by atoms with E-state index < -0.39 is 0 Å². The summed E-state index contributed by atoms with van der Waals surface area (Å²) in [5.41, 5.74) is 1.14. The van der Waals surface area contributed by atoms with Crippen molar-refractivity contribution in [1.82, 2.24) is 0 Å². The van der Waals surface area contributed by atoms with E-state index in [1.165, 1.54) is 0 Å². The fourth-order valence-corrected chi connectivity index (χ4v) is 0.359. The molecule has 0 saturated carbocycles. The van der Waals surface area contributed by atoms with Gasteiger partial charge in [0.15, 0.2) is 0 Å². The molecule has 1 rings (SSSR count). The zero-order valence-corrected chi connectivity index (χ0v) is 4.47. The van der Waals surface area contributed by atoms with Gasteiger partial charge in [0.25, 0.3) is 0 Å². The Morgan fingerprint density at radius 3 is 2.57 bits per heavy atom. The Labute approximate surface area is 42.7 Å². The second-order valence-corrected chi connectivity index (χ2v) is 1.70. The summed E-state index contributed by atoms with van der Waals surface area (Å²) in [5, 5.41) is 0. The molecule has 0 radical (unpaired) electrons. The predicted molar refractivity (Wildman–Crippen MR) is 25.4 cm³/mol. The average Bonchev–Trinajstić information content (AvgIpc) is 1.91. The van der Waals surface area contributed by atoms with E-state index in [9.17, 15) is 0 Å². The summed E-state index contributed by atoms with van der Waals surface area (Å²) in [6.07, 6.45) is 1.77. The van der Waals surface area contributed by atoms with Crippen LogP contribution in [0.1, 0.15) is 13.8 Å². The summed E-state index contributed by atoms with van der Waals surface area (Å²) in [7, 11) is 0. The maximum Gasteiger partial charge on any atom is 0.131 e. The first-order chi connectivity index (χ1) is 3.30. The maximum atomic E-state index is 4.67. The number of hydrogen-bond acceptors (Lipinski definition) is 2. The lowest BCUT2D eigenvalue weighted by molar-refractivity contribution is -0.248. The zero-order valence-electron chi connectivity index (χ0n) is 4.47. The SMILES string of the molecule is CC1=COOC1C. The Morgan fingerprint density at radius 2 is 2.43 bits per heavy atom. The van der Waals surface area contributed by atoms with Gasteiger partial charge in [-0.15, -0.1) is 0 Å². The van der Waals surface area contributed by atoms with Crippen molar-refractivity contribution in [2.45, 2.75) is 20.0 Å². The van der Waals surface area contributed by atoms with Crippen LogP contribution in [0.2, 0.25) is 0 Å². The molecular weight excluding hydrogens is 92.1 g/mol. The molecule has 0 spiro atoms. The third-order valence-electron chi connectivity index (χ3n) is 1.08. The normalized spacial score (nSPS) is 29.4. The van der Waals surface area contributed by atoms with Crippen molar-refractivity contribution in [2.24, 2.45) is 0 Å². The highest BCUT2D eigenvalue weighted by Gasteiger charge is 2.10. The summed E-state index contributed by atoms with van der Waals surface area (Å²) >= 11 is 0. The quantitative estimate of drug-likeness (QED) is 0.426. The maximum absolute atomic E-state index is 4.67. The van der Waals surface area contributed by atoms with Gasteiger partial charge >= 0.3 is 0 Å². The van der Waals surface area contributed by atoms with Gasteiger partial charge in [-0.05, 0) is 19.4 Å². The van der Waals surface area contributed by atoms with E-state index in [2.05, 4.69) is 9.78 Å². The van der Waals surface area contributed by atoms with E-state index in [1.807, 2.05) is 13.8 Å². The van der Waals surface area contributed by atoms with Gasteiger partial charge in [-0.25, -0.2) is 0 Å². The van der Waals surface area contributed by atoms with Gasteiger partial charge < -0.3 is 4.89 Å². The molecule has 40 valence electrons. The Bertz CT molecular complexity index is 96.3. The number of rotatable bonds is 0. The molecular formula is C5H8O2. The van der Waals surface area contributed by atoms with E-state index in [0.717, 1.165) is 5.57 Å². The highest BCUT2D eigenvalue weighted by Crippen LogP contribution is 2.12. The third kappa shape index (κ3) is 0.747. The monoisotopic (exact) mass is 100 g/mol. The molecule has 2 heteroatoms. The van der Waals surface area contributed by atoms with Crippen LogP contribution in [0.3, 0.4) is 0 Å². The van der Waals surface area contributed by atoms with Crippen LogP contribution in [0.5, 0.6) is 0 Å². The topological polar surface area (TPSA) is 18.5 Å². The molecule has 0 aromatic rings. The van der Waals surface area contributed by atoms with Crippen molar-refractivity contribution >= 4 is 0 Å². The lowest BCUT2D eigenvalue weighted by Gasteiger charge is -1.96. The van der Waals surface area contributed by atoms with Crippen LogP contribution in [0.4, 0.5) is 0 Å². The second-order valence-electron chi connectivity index (χ2n) is 1.70. The van der Waals surface area contributed by atoms with E-state index in [-0.39, 0.29) is 6.10 Å². The lowest BCUT2D eigenvalue weighted by Crippen LogP contribution is -1.99. The molecule has 1 unspecified atom stereocenters. The molecule has 0 saturated heterocycles. The molecule has 1 aliphatic rings. The van der Waals surface area contributed by atoms with Crippen LogP contribution < -0.4 is 0 Å². The van der Waals surface area contributed by atoms with Crippen LogP contribution in [-0.2, 0) is 9.78 Å². The van der Waals surface area contributed by atoms with Gasteiger partial charge in [0.2, 0.25) is 0 Å². The minimum Gasteiger partial charge on any atom is -0.345 e. The van der Waals surface area contributed by atoms with E-state index >= 15 is 0 Å². The summed E-state index contributed by atoms with van der Waals surface area (Å²) in [4.78, 5) is 9.18. The first-order valence-electron chi connectivity index (χ1n) is 2.29. The largest absolute Gasteiger partial charge is 0.345 e. The summed E-state index contributed by atoms with van der Waals surface area (Å²) < 4.78 is 0. The molecule has 1 atom stereocenters. The predicted octanol–water partition coefficient (Wildman–Crippen LogP) is 1.24. The molecule has 2 nitrogen and oxygen atoms in total. The average molecular weight is 100 g/mol. The van der Waals surface area contributed by atoms with Crippen LogP contribution in [0, 0.1) is 0 Å². The molecule has 7 heavy (non-hydrogen) atoms. The Hall–Kier alpha value is -0.500. The zero-order chi connectivity index (χ0) is 5.28. The first-order valence-corrected chi connectivity index (χ1v) is 2.29. The minimum atomic E-state index is 0.153. The summed E-state index contributed by atoms with van der Waals surface area (Å²) in [5.74, 6) is 0. The molecule has 0 aromatic carbocycles. The molecule has 0 bridgehead atoms. The summed E-state index contributed by atoms with van der Waals surface area (Å²) in [6, 6.07) is 0. The fourth-order valence-electron chi connectivity index (χ4n) is 0.359. The molecule has 0 N–H and O–H groups in total. The summed E-state index contributed by atoms with van der Waals surface area (Å²) in [6.45, 7) is 3.91. The van der Waals surface area contributed by atoms with Crippen LogP contribution in [0.25, 0.3) is 0 Å². The molecule has 0 aromatic heterocycles. The van der Waals surface area contributed by atoms with Crippen molar-refractivity contribution in [3.05, 3.63) is 11.8 Å². The van der Waals surface area contributed by atoms with Gasteiger partial charge in [0, 0.05) is 0 Å². The van der Waals surface area contributed by atoms with Gasteiger partial charge in [0.05, 0.1) is 0 Å². The second kappa shape index (κ2) is 1.54. The Kier molecular flexibility index (Phi) is 1.02. The smallest absolute Gasteiger partial charge is 0.131 e. The molecule has 0 fully saturated rings. The van der Waals surface area contributed by atoms with Crippen molar-refractivity contribution in [1.29, 1.82) is 0 Å². The van der Waals surface area contributed by atoms with E-state index in [0.29, 0.717) is 0 Å². The van der Waals surface area contributed by atoms with Crippen molar-refractivity contribution in [3.8, 4) is 0 Å².